The maximum atomic E-state index is 0. The van der Waals surface area contributed by atoms with Gasteiger partial charge in [0.1, 0.15) is 0 Å². The molecule has 0 bridgehead atoms. The molecule has 4 heteroatoms. The number of hydrogen-bond acceptors (Lipinski definition) is 0. The Balaban J connectivity index is 0. The summed E-state index contributed by atoms with van der Waals surface area (Å²) in [4.78, 5) is 0. The van der Waals surface area contributed by atoms with Gasteiger partial charge in [-0.2, -0.15) is 0 Å². The molecule has 0 aromatic rings. The van der Waals surface area contributed by atoms with Gasteiger partial charge in [-0.05, 0) is 0 Å². The standard InChI is InChI=1S/Ca.La.Li.Ti.3H/q+2;;+1;;3*-1. The monoisotopic (exact) mass is 237 g/mol. The van der Waals surface area contributed by atoms with Crippen LogP contribution in [0.5, 0.6) is 0 Å². The number of hydrogen-bond donors (Lipinski definition) is 0. The van der Waals surface area contributed by atoms with Crippen LogP contribution < -0.4 is 18.9 Å². The van der Waals surface area contributed by atoms with Crippen molar-refractivity contribution in [3.8, 4) is 0 Å². The molecule has 0 aliphatic heterocycles. The Kier molecular flexibility index (Phi) is 99.4. The normalized spacial score (nSPS) is 0. The van der Waals surface area contributed by atoms with E-state index in [4.69, 9.17) is 0 Å². The van der Waals surface area contributed by atoms with Gasteiger partial charge in [-0.3, -0.25) is 0 Å². The van der Waals surface area contributed by atoms with E-state index in [2.05, 4.69) is 0 Å². The summed E-state index contributed by atoms with van der Waals surface area (Å²) in [6.45, 7) is 0. The second kappa shape index (κ2) is 15.9. The molecule has 0 saturated carbocycles. The van der Waals surface area contributed by atoms with E-state index in [1.807, 2.05) is 0 Å². The molecule has 0 unspecified atom stereocenters. The van der Waals surface area contributed by atoms with E-state index in [0.29, 0.717) is 0 Å². The minimum absolute atomic E-state index is 0. The first-order chi connectivity index (χ1) is 0. The van der Waals surface area contributed by atoms with E-state index in [-0.39, 0.29) is 118 Å². The Bertz CT molecular complexity index is 14.9. The molecule has 0 aromatic heterocycles. The van der Waals surface area contributed by atoms with Crippen molar-refractivity contribution in [2.75, 3.05) is 0 Å². The zero-order valence-electron chi connectivity index (χ0n) is 5.78. The molecular weight excluding hydrogens is 234 g/mol. The van der Waals surface area contributed by atoms with Gasteiger partial charge in [0.05, 0.1) is 0 Å². The number of rotatable bonds is 0. The molecule has 0 amide bonds. The van der Waals surface area contributed by atoms with Gasteiger partial charge in [0.25, 0.3) is 0 Å². The fourth-order valence-electron chi connectivity index (χ4n) is 0. The summed E-state index contributed by atoms with van der Waals surface area (Å²) in [6.07, 6.45) is 0. The summed E-state index contributed by atoms with van der Waals surface area (Å²) in [5.74, 6) is 0. The van der Waals surface area contributed by atoms with Crippen LogP contribution in [0.25, 0.3) is 0 Å². The summed E-state index contributed by atoms with van der Waals surface area (Å²) in [5, 5.41) is 0. The second-order valence-corrected chi connectivity index (χ2v) is 0. The third kappa shape index (κ3) is 9.23. The van der Waals surface area contributed by atoms with Gasteiger partial charge in [0.2, 0.25) is 0 Å². The quantitative estimate of drug-likeness (QED) is 0.393. The maximum Gasteiger partial charge on any atom is 2.00 e. The molecule has 4 heavy (non-hydrogen) atoms. The van der Waals surface area contributed by atoms with Crippen LogP contribution in [0.15, 0.2) is 0 Å². The molecule has 0 spiro atoms. The molecule has 0 aromatic carbocycles. The first-order valence-electron chi connectivity index (χ1n) is 0. The minimum atomic E-state index is 0. The van der Waals surface area contributed by atoms with E-state index in [1.165, 1.54) is 0 Å². The molecule has 0 aliphatic rings. The van der Waals surface area contributed by atoms with Crippen LogP contribution in [0, 0.1) is 35.6 Å². The predicted molar refractivity (Wildman–Crippen MR) is 9.09 cm³/mol. The van der Waals surface area contributed by atoms with Crippen LogP contribution in [0.2, 0.25) is 0 Å². The van der Waals surface area contributed by atoms with Crippen molar-refractivity contribution in [1.29, 1.82) is 0 Å². The Morgan fingerprint density at radius 3 is 1.25 bits per heavy atom. The predicted octanol–water partition coefficient (Wildman–Crippen LogP) is -3.04. The van der Waals surface area contributed by atoms with Crippen molar-refractivity contribution in [1.82, 2.24) is 0 Å². The SMILES string of the molecule is [Ca+2].[H-].[H-].[H-].[La].[Li+].[Ti]. The largest absolute Gasteiger partial charge is 2.00 e. The molecular formula is H3CaLaLiTi. The van der Waals surface area contributed by atoms with Crippen molar-refractivity contribution in [2.24, 2.45) is 0 Å². The first-order valence-corrected chi connectivity index (χ1v) is 0. The van der Waals surface area contributed by atoms with Crippen molar-refractivity contribution in [3.63, 3.8) is 0 Å². The average molecular weight is 237 g/mol. The fourth-order valence-corrected chi connectivity index (χ4v) is 0. The molecule has 13 valence electrons. The van der Waals surface area contributed by atoms with E-state index >= 15 is 0 Å². The van der Waals surface area contributed by atoms with E-state index in [0.717, 1.165) is 0 Å². The topological polar surface area (TPSA) is 0 Å². The average Bonchev–Trinajstić information content (AvgIpc) is 0. The van der Waals surface area contributed by atoms with Crippen molar-refractivity contribution in [3.05, 3.63) is 0 Å². The summed E-state index contributed by atoms with van der Waals surface area (Å²) >= 11 is 0. The molecule has 0 N–H and O–H groups in total. The van der Waals surface area contributed by atoms with E-state index in [1.54, 1.807) is 0 Å². The molecule has 0 atom stereocenters. The zero-order valence-corrected chi connectivity index (χ0v) is 10.2. The Labute approximate surface area is 115 Å². The minimum Gasteiger partial charge on any atom is -1.00 e. The van der Waals surface area contributed by atoms with Gasteiger partial charge >= 0.3 is 56.6 Å². The van der Waals surface area contributed by atoms with Crippen LogP contribution in [-0.4, -0.2) is 37.7 Å². The van der Waals surface area contributed by atoms with Crippen molar-refractivity contribution >= 4 is 37.7 Å². The van der Waals surface area contributed by atoms with Gasteiger partial charge in [-0.15, -0.1) is 0 Å². The van der Waals surface area contributed by atoms with Crippen LogP contribution in [-0.2, 0) is 21.7 Å². The van der Waals surface area contributed by atoms with Crippen molar-refractivity contribution in [2.45, 2.75) is 0 Å². The smallest absolute Gasteiger partial charge is 1.00 e. The Morgan fingerprint density at radius 2 is 1.25 bits per heavy atom. The van der Waals surface area contributed by atoms with Gasteiger partial charge < -0.3 is 4.28 Å². The van der Waals surface area contributed by atoms with Gasteiger partial charge in [0.15, 0.2) is 0 Å². The summed E-state index contributed by atoms with van der Waals surface area (Å²) < 4.78 is 0. The molecule has 1 radical (unpaired) electrons. The molecule has 0 aliphatic carbocycles. The van der Waals surface area contributed by atoms with Crippen LogP contribution in [0.1, 0.15) is 4.28 Å². The molecule has 0 heterocycles. The van der Waals surface area contributed by atoms with E-state index < -0.39 is 0 Å². The first kappa shape index (κ1) is 25.1. The zero-order chi connectivity index (χ0) is 0. The molecule has 0 fully saturated rings. The Hall–Kier alpha value is 3.77. The van der Waals surface area contributed by atoms with Crippen molar-refractivity contribution < 1.29 is 80.5 Å². The molecule has 0 rings (SSSR count). The summed E-state index contributed by atoms with van der Waals surface area (Å²) in [6, 6.07) is 0. The molecule has 0 nitrogen and oxygen atoms in total. The fraction of sp³-hybridized carbons (Fsp3) is 0. The third-order valence-electron chi connectivity index (χ3n) is 0. The van der Waals surface area contributed by atoms with Crippen LogP contribution >= 0.6 is 0 Å². The summed E-state index contributed by atoms with van der Waals surface area (Å²) in [5.41, 5.74) is 0. The van der Waals surface area contributed by atoms with Gasteiger partial charge in [-0.25, -0.2) is 0 Å². The van der Waals surface area contributed by atoms with Gasteiger partial charge in [0, 0.05) is 57.3 Å². The molecule has 0 saturated heterocycles. The van der Waals surface area contributed by atoms with E-state index in [9.17, 15) is 0 Å². The van der Waals surface area contributed by atoms with Crippen LogP contribution in [0.4, 0.5) is 0 Å². The second-order valence-electron chi connectivity index (χ2n) is 0. The Morgan fingerprint density at radius 1 is 1.25 bits per heavy atom. The summed E-state index contributed by atoms with van der Waals surface area (Å²) in [7, 11) is 0. The van der Waals surface area contributed by atoms with Gasteiger partial charge in [-0.1, -0.05) is 0 Å². The maximum absolute atomic E-state index is 0. The third-order valence-corrected chi connectivity index (χ3v) is 0. The van der Waals surface area contributed by atoms with Crippen LogP contribution in [0.3, 0.4) is 0 Å².